The molecule has 3 heteroatoms. The zero-order valence-corrected chi connectivity index (χ0v) is 10.5. The minimum absolute atomic E-state index is 0.312. The van der Waals surface area contributed by atoms with Gasteiger partial charge in [-0.25, -0.2) is 0 Å². The van der Waals surface area contributed by atoms with E-state index in [1.54, 1.807) is 0 Å². The van der Waals surface area contributed by atoms with Crippen molar-refractivity contribution in [2.24, 2.45) is 5.92 Å². The van der Waals surface area contributed by atoms with Crippen LogP contribution in [0.25, 0.3) is 0 Å². The maximum absolute atomic E-state index is 9.11. The SMILES string of the molecule is CC(NC1CCC(CO)CC1)c1ccccn1. The molecule has 0 spiro atoms. The maximum atomic E-state index is 9.11. The average Bonchev–Trinajstić information content (AvgIpc) is 2.40. The molecule has 1 unspecified atom stereocenters. The second-order valence-electron chi connectivity index (χ2n) is 5.04. The molecule has 1 heterocycles. The van der Waals surface area contributed by atoms with Gasteiger partial charge in [0.1, 0.15) is 0 Å². The number of pyridine rings is 1. The number of hydrogen-bond donors (Lipinski definition) is 2. The van der Waals surface area contributed by atoms with E-state index in [9.17, 15) is 0 Å². The van der Waals surface area contributed by atoms with Crippen LogP contribution in [0.1, 0.15) is 44.3 Å². The van der Waals surface area contributed by atoms with Crippen LogP contribution in [0.2, 0.25) is 0 Å². The van der Waals surface area contributed by atoms with Crippen molar-refractivity contribution in [1.29, 1.82) is 0 Å². The molecule has 0 saturated heterocycles. The summed E-state index contributed by atoms with van der Waals surface area (Å²) < 4.78 is 0. The number of aliphatic hydroxyl groups is 1. The van der Waals surface area contributed by atoms with Gasteiger partial charge in [-0.2, -0.15) is 0 Å². The summed E-state index contributed by atoms with van der Waals surface area (Å²) in [6.07, 6.45) is 6.47. The molecule has 0 aromatic carbocycles. The van der Waals surface area contributed by atoms with Crippen LogP contribution in [0.3, 0.4) is 0 Å². The molecule has 17 heavy (non-hydrogen) atoms. The van der Waals surface area contributed by atoms with Crippen molar-refractivity contribution >= 4 is 0 Å². The van der Waals surface area contributed by atoms with Crippen molar-refractivity contribution in [3.05, 3.63) is 30.1 Å². The zero-order chi connectivity index (χ0) is 12.1. The Morgan fingerprint density at radius 3 is 2.71 bits per heavy atom. The average molecular weight is 234 g/mol. The highest BCUT2D eigenvalue weighted by molar-refractivity contribution is 5.07. The Balaban J connectivity index is 1.82. The lowest BCUT2D eigenvalue weighted by atomic mass is 9.86. The van der Waals surface area contributed by atoms with Gasteiger partial charge in [-0.15, -0.1) is 0 Å². The van der Waals surface area contributed by atoms with Gasteiger partial charge < -0.3 is 10.4 Å². The Bertz CT molecular complexity index is 320. The first-order chi connectivity index (χ1) is 8.29. The molecule has 0 amide bonds. The number of nitrogens with zero attached hydrogens (tertiary/aromatic N) is 1. The molecular weight excluding hydrogens is 212 g/mol. The Morgan fingerprint density at radius 1 is 1.35 bits per heavy atom. The van der Waals surface area contributed by atoms with Gasteiger partial charge >= 0.3 is 0 Å². The Morgan fingerprint density at radius 2 is 2.12 bits per heavy atom. The van der Waals surface area contributed by atoms with E-state index in [4.69, 9.17) is 5.11 Å². The summed E-state index contributed by atoms with van der Waals surface area (Å²) in [4.78, 5) is 4.37. The van der Waals surface area contributed by atoms with Crippen LogP contribution in [-0.2, 0) is 0 Å². The lowest BCUT2D eigenvalue weighted by molar-refractivity contribution is 0.172. The van der Waals surface area contributed by atoms with Crippen molar-refractivity contribution < 1.29 is 5.11 Å². The maximum Gasteiger partial charge on any atom is 0.0570 e. The molecule has 0 radical (unpaired) electrons. The molecule has 0 bridgehead atoms. The minimum atomic E-state index is 0.312. The summed E-state index contributed by atoms with van der Waals surface area (Å²) in [5.74, 6) is 0.526. The van der Waals surface area contributed by atoms with Crippen molar-refractivity contribution in [3.8, 4) is 0 Å². The summed E-state index contributed by atoms with van der Waals surface area (Å²) in [5, 5.41) is 12.7. The lowest BCUT2D eigenvalue weighted by Gasteiger charge is -2.30. The molecule has 1 aliphatic carbocycles. The summed E-state index contributed by atoms with van der Waals surface area (Å²) in [6.45, 7) is 2.52. The fraction of sp³-hybridized carbons (Fsp3) is 0.643. The van der Waals surface area contributed by atoms with Crippen LogP contribution in [0, 0.1) is 5.92 Å². The first-order valence-electron chi connectivity index (χ1n) is 6.57. The second kappa shape index (κ2) is 6.12. The lowest BCUT2D eigenvalue weighted by Crippen LogP contribution is -2.35. The van der Waals surface area contributed by atoms with E-state index in [0.29, 0.717) is 24.6 Å². The van der Waals surface area contributed by atoms with Gasteiger partial charge in [0.15, 0.2) is 0 Å². The van der Waals surface area contributed by atoms with Crippen LogP contribution >= 0.6 is 0 Å². The highest BCUT2D eigenvalue weighted by Gasteiger charge is 2.22. The predicted octanol–water partition coefficient (Wildman–Crippen LogP) is 2.28. The summed E-state index contributed by atoms with van der Waals surface area (Å²) >= 11 is 0. The van der Waals surface area contributed by atoms with Gasteiger partial charge in [-0.1, -0.05) is 6.07 Å². The molecule has 1 aromatic rings. The third-order valence-electron chi connectivity index (χ3n) is 3.72. The summed E-state index contributed by atoms with van der Waals surface area (Å²) in [6, 6.07) is 6.93. The van der Waals surface area contributed by atoms with Gasteiger partial charge in [0.05, 0.1) is 5.69 Å². The normalized spacial score (nSPS) is 26.7. The van der Waals surface area contributed by atoms with E-state index in [-0.39, 0.29) is 0 Å². The van der Waals surface area contributed by atoms with E-state index in [1.165, 1.54) is 12.8 Å². The molecule has 1 aromatic heterocycles. The van der Waals surface area contributed by atoms with E-state index >= 15 is 0 Å². The molecular formula is C14H22N2O. The van der Waals surface area contributed by atoms with E-state index < -0.39 is 0 Å². The third-order valence-corrected chi connectivity index (χ3v) is 3.72. The number of rotatable bonds is 4. The molecule has 2 rings (SSSR count). The largest absolute Gasteiger partial charge is 0.396 e. The van der Waals surface area contributed by atoms with Gasteiger partial charge in [0, 0.05) is 24.9 Å². The van der Waals surface area contributed by atoms with Crippen molar-refractivity contribution in [2.45, 2.75) is 44.7 Å². The van der Waals surface area contributed by atoms with Crippen LogP contribution < -0.4 is 5.32 Å². The topological polar surface area (TPSA) is 45.1 Å². The van der Waals surface area contributed by atoms with Crippen LogP contribution in [0.4, 0.5) is 0 Å². The Kier molecular flexibility index (Phi) is 4.51. The number of aliphatic hydroxyl groups excluding tert-OH is 1. The minimum Gasteiger partial charge on any atom is -0.396 e. The predicted molar refractivity (Wildman–Crippen MR) is 68.6 cm³/mol. The molecule has 1 fully saturated rings. The van der Waals surface area contributed by atoms with Crippen LogP contribution in [0.15, 0.2) is 24.4 Å². The number of aromatic nitrogens is 1. The standard InChI is InChI=1S/C14H22N2O/c1-11(14-4-2-3-9-15-14)16-13-7-5-12(10-17)6-8-13/h2-4,9,11-13,16-17H,5-8,10H2,1H3. The fourth-order valence-electron chi connectivity index (χ4n) is 2.58. The third kappa shape index (κ3) is 3.51. The zero-order valence-electron chi connectivity index (χ0n) is 10.5. The van der Waals surface area contributed by atoms with Crippen molar-refractivity contribution in [3.63, 3.8) is 0 Å². The monoisotopic (exact) mass is 234 g/mol. The smallest absolute Gasteiger partial charge is 0.0570 e. The first kappa shape index (κ1) is 12.5. The molecule has 1 saturated carbocycles. The fourth-order valence-corrected chi connectivity index (χ4v) is 2.58. The Labute approximate surface area is 103 Å². The number of nitrogens with one attached hydrogen (secondary N) is 1. The van der Waals surface area contributed by atoms with E-state index in [0.717, 1.165) is 18.5 Å². The van der Waals surface area contributed by atoms with E-state index in [2.05, 4.69) is 23.3 Å². The molecule has 3 nitrogen and oxygen atoms in total. The summed E-state index contributed by atoms with van der Waals surface area (Å²) in [5.41, 5.74) is 1.11. The quantitative estimate of drug-likeness (QED) is 0.840. The Hall–Kier alpha value is -0.930. The van der Waals surface area contributed by atoms with E-state index in [1.807, 2.05) is 18.3 Å². The highest BCUT2D eigenvalue weighted by Crippen LogP contribution is 2.25. The molecule has 94 valence electrons. The molecule has 0 aliphatic heterocycles. The summed E-state index contributed by atoms with van der Waals surface area (Å²) in [7, 11) is 0. The van der Waals surface area contributed by atoms with Gasteiger partial charge in [-0.05, 0) is 50.7 Å². The number of hydrogen-bond acceptors (Lipinski definition) is 3. The molecule has 1 atom stereocenters. The highest BCUT2D eigenvalue weighted by atomic mass is 16.3. The van der Waals surface area contributed by atoms with Crippen LogP contribution in [0.5, 0.6) is 0 Å². The van der Waals surface area contributed by atoms with Crippen molar-refractivity contribution in [1.82, 2.24) is 10.3 Å². The second-order valence-corrected chi connectivity index (χ2v) is 5.04. The van der Waals surface area contributed by atoms with Gasteiger partial charge in [-0.3, -0.25) is 4.98 Å². The van der Waals surface area contributed by atoms with Gasteiger partial charge in [0.2, 0.25) is 0 Å². The molecule has 2 N–H and O–H groups in total. The van der Waals surface area contributed by atoms with Gasteiger partial charge in [0.25, 0.3) is 0 Å². The van der Waals surface area contributed by atoms with Crippen molar-refractivity contribution in [2.75, 3.05) is 6.61 Å². The molecule has 1 aliphatic rings. The first-order valence-corrected chi connectivity index (χ1v) is 6.57. The van der Waals surface area contributed by atoms with Crippen LogP contribution in [-0.4, -0.2) is 22.7 Å².